The minimum atomic E-state index is -4.02. The molecule has 10 heteroatoms. The van der Waals surface area contributed by atoms with Gasteiger partial charge in [-0.25, -0.2) is 17.2 Å². The van der Waals surface area contributed by atoms with Crippen molar-refractivity contribution in [3.05, 3.63) is 59.7 Å². The van der Waals surface area contributed by atoms with Crippen LogP contribution in [0.15, 0.2) is 42.5 Å². The van der Waals surface area contributed by atoms with Crippen LogP contribution in [0.2, 0.25) is 0 Å². The van der Waals surface area contributed by atoms with E-state index in [9.17, 15) is 26.8 Å². The molecule has 0 saturated carbocycles. The van der Waals surface area contributed by atoms with Crippen molar-refractivity contribution >= 4 is 33.2 Å². The van der Waals surface area contributed by atoms with E-state index < -0.39 is 33.6 Å². The van der Waals surface area contributed by atoms with E-state index in [0.29, 0.717) is 16.9 Å². The predicted octanol–water partition coefficient (Wildman–Crippen LogP) is 3.29. The number of hydrogen-bond donors (Lipinski definition) is 2. The molecule has 0 heterocycles. The van der Waals surface area contributed by atoms with E-state index in [1.807, 2.05) is 6.92 Å². The number of benzene rings is 2. The molecule has 0 radical (unpaired) electrons. The molecular weight excluding hydrogens is 428 g/mol. The molecular formula is C21H25F2N3O4S. The normalized spacial score (nSPS) is 12.2. The van der Waals surface area contributed by atoms with Gasteiger partial charge in [-0.2, -0.15) is 0 Å². The third kappa shape index (κ3) is 6.24. The van der Waals surface area contributed by atoms with Gasteiger partial charge >= 0.3 is 0 Å². The first kappa shape index (κ1) is 24.3. The summed E-state index contributed by atoms with van der Waals surface area (Å²) in [6.07, 6.45) is 2.56. The number of unbranched alkanes of at least 4 members (excludes halogenated alkanes) is 1. The number of rotatable bonds is 9. The predicted molar refractivity (Wildman–Crippen MR) is 115 cm³/mol. The molecule has 0 aliphatic heterocycles. The van der Waals surface area contributed by atoms with Crippen molar-refractivity contribution in [2.75, 3.05) is 22.4 Å². The van der Waals surface area contributed by atoms with Crippen LogP contribution < -0.4 is 14.9 Å². The van der Waals surface area contributed by atoms with Gasteiger partial charge in [0.1, 0.15) is 6.04 Å². The molecule has 0 aliphatic carbocycles. The largest absolute Gasteiger partial charge is 0.352 e. The number of nitrogens with zero attached hydrogens (tertiary/aromatic N) is 1. The smallest absolute Gasteiger partial charge is 0.253 e. The number of carbonyl (C=O) groups is 2. The minimum absolute atomic E-state index is 0.199. The highest BCUT2D eigenvalue weighted by Crippen LogP contribution is 2.24. The average molecular weight is 454 g/mol. The first-order valence-corrected chi connectivity index (χ1v) is 11.5. The molecule has 0 fully saturated rings. The fourth-order valence-corrected chi connectivity index (χ4v) is 4.10. The van der Waals surface area contributed by atoms with Gasteiger partial charge in [0, 0.05) is 12.6 Å². The lowest BCUT2D eigenvalue weighted by Gasteiger charge is -2.28. The number of sulfonamides is 1. The minimum Gasteiger partial charge on any atom is -0.352 e. The molecule has 0 aliphatic rings. The van der Waals surface area contributed by atoms with Crippen LogP contribution in [0.4, 0.5) is 20.2 Å². The summed E-state index contributed by atoms with van der Waals surface area (Å²) in [5.74, 6) is -3.51. The summed E-state index contributed by atoms with van der Waals surface area (Å²) in [5, 5.41) is 5.31. The fourth-order valence-electron chi connectivity index (χ4n) is 2.93. The molecule has 0 spiro atoms. The Morgan fingerprint density at radius 1 is 1.10 bits per heavy atom. The van der Waals surface area contributed by atoms with Crippen LogP contribution in [-0.2, 0) is 14.8 Å². The second-order valence-corrected chi connectivity index (χ2v) is 8.84. The van der Waals surface area contributed by atoms with Crippen molar-refractivity contribution in [1.29, 1.82) is 0 Å². The van der Waals surface area contributed by atoms with Crippen molar-refractivity contribution in [2.24, 2.45) is 0 Å². The summed E-state index contributed by atoms with van der Waals surface area (Å²) in [4.78, 5) is 25.3. The van der Waals surface area contributed by atoms with Crippen molar-refractivity contribution in [3.8, 4) is 0 Å². The fraction of sp³-hybridized carbons (Fsp3) is 0.333. The molecule has 2 aromatic carbocycles. The summed E-state index contributed by atoms with van der Waals surface area (Å²) < 4.78 is 52.3. The molecule has 1 atom stereocenters. The van der Waals surface area contributed by atoms with Gasteiger partial charge in [0.05, 0.1) is 23.2 Å². The van der Waals surface area contributed by atoms with Gasteiger partial charge in [0.25, 0.3) is 5.91 Å². The molecule has 0 aromatic heterocycles. The van der Waals surface area contributed by atoms with Crippen molar-refractivity contribution in [1.82, 2.24) is 5.32 Å². The lowest BCUT2D eigenvalue weighted by molar-refractivity contribution is -0.116. The summed E-state index contributed by atoms with van der Waals surface area (Å²) in [7, 11) is -4.02. The van der Waals surface area contributed by atoms with Gasteiger partial charge in [-0.15, -0.1) is 0 Å². The van der Waals surface area contributed by atoms with Crippen LogP contribution in [0.5, 0.6) is 0 Å². The Balaban J connectivity index is 2.29. The molecule has 7 nitrogen and oxygen atoms in total. The third-order valence-corrected chi connectivity index (χ3v) is 5.73. The molecule has 2 amide bonds. The van der Waals surface area contributed by atoms with E-state index >= 15 is 0 Å². The van der Waals surface area contributed by atoms with E-state index in [4.69, 9.17) is 0 Å². The van der Waals surface area contributed by atoms with Crippen LogP contribution in [0, 0.1) is 11.6 Å². The second-order valence-electron chi connectivity index (χ2n) is 6.98. The Morgan fingerprint density at radius 3 is 2.39 bits per heavy atom. The molecule has 2 rings (SSSR count). The Hall–Kier alpha value is -3.01. The standard InChI is InChI=1S/C21H25F2N3O4S/c1-4-5-12-24-21(28)16-8-6-7-9-19(16)25-20(27)14(2)26(31(3,29)30)15-10-11-17(22)18(23)13-15/h6-11,13-14H,4-5,12H2,1-3H3,(H,24,28)(H,25,27)/t14-/m0/s1. The van der Waals surface area contributed by atoms with Crippen LogP contribution in [0.25, 0.3) is 0 Å². The summed E-state index contributed by atoms with van der Waals surface area (Å²) in [6.45, 7) is 3.77. The van der Waals surface area contributed by atoms with Crippen LogP contribution in [-0.4, -0.2) is 39.1 Å². The lowest BCUT2D eigenvalue weighted by atomic mass is 10.1. The Labute approximate surface area is 180 Å². The van der Waals surface area contributed by atoms with Crippen LogP contribution in [0.1, 0.15) is 37.0 Å². The second kappa shape index (κ2) is 10.3. The van der Waals surface area contributed by atoms with E-state index in [1.165, 1.54) is 19.1 Å². The average Bonchev–Trinajstić information content (AvgIpc) is 2.70. The maximum Gasteiger partial charge on any atom is 0.253 e. The van der Waals surface area contributed by atoms with Crippen molar-refractivity contribution < 1.29 is 26.8 Å². The third-order valence-electron chi connectivity index (χ3n) is 4.49. The number of halogens is 2. The number of nitrogens with one attached hydrogen (secondary N) is 2. The quantitative estimate of drug-likeness (QED) is 0.570. The van der Waals surface area contributed by atoms with Crippen molar-refractivity contribution in [3.63, 3.8) is 0 Å². The van der Waals surface area contributed by atoms with Crippen LogP contribution in [0.3, 0.4) is 0 Å². The van der Waals surface area contributed by atoms with Gasteiger partial charge in [0.15, 0.2) is 11.6 Å². The van der Waals surface area contributed by atoms with E-state index in [-0.39, 0.29) is 22.8 Å². The topological polar surface area (TPSA) is 95.6 Å². The van der Waals surface area contributed by atoms with E-state index in [1.54, 1.807) is 12.1 Å². The molecule has 2 aromatic rings. The highest BCUT2D eigenvalue weighted by Gasteiger charge is 2.30. The molecule has 0 saturated heterocycles. The molecule has 2 N–H and O–H groups in total. The van der Waals surface area contributed by atoms with Gasteiger partial charge in [0.2, 0.25) is 15.9 Å². The zero-order valence-electron chi connectivity index (χ0n) is 17.5. The summed E-state index contributed by atoms with van der Waals surface area (Å²) >= 11 is 0. The first-order chi connectivity index (χ1) is 14.6. The highest BCUT2D eigenvalue weighted by atomic mass is 32.2. The maximum absolute atomic E-state index is 13.7. The van der Waals surface area contributed by atoms with Gasteiger partial charge in [-0.3, -0.25) is 13.9 Å². The van der Waals surface area contributed by atoms with E-state index in [2.05, 4.69) is 10.6 Å². The Morgan fingerprint density at radius 2 is 1.77 bits per heavy atom. The number of carbonyl (C=O) groups excluding carboxylic acids is 2. The zero-order valence-corrected chi connectivity index (χ0v) is 18.3. The zero-order chi connectivity index (χ0) is 23.2. The molecule has 168 valence electrons. The number of amides is 2. The number of para-hydroxylation sites is 1. The Bertz CT molecular complexity index is 1060. The van der Waals surface area contributed by atoms with Crippen molar-refractivity contribution in [2.45, 2.75) is 32.7 Å². The Kier molecular flexibility index (Phi) is 8.09. The SMILES string of the molecule is CCCCNC(=O)c1ccccc1NC(=O)[C@H](C)N(c1ccc(F)c(F)c1)S(C)(=O)=O. The maximum atomic E-state index is 13.7. The molecule has 0 bridgehead atoms. The van der Waals surface area contributed by atoms with Gasteiger partial charge < -0.3 is 10.6 Å². The first-order valence-electron chi connectivity index (χ1n) is 9.68. The van der Waals surface area contributed by atoms with Gasteiger partial charge in [-0.1, -0.05) is 25.5 Å². The van der Waals surface area contributed by atoms with Gasteiger partial charge in [-0.05, 0) is 37.6 Å². The molecule has 0 unspecified atom stereocenters. The highest BCUT2D eigenvalue weighted by molar-refractivity contribution is 7.92. The van der Waals surface area contributed by atoms with Crippen LogP contribution >= 0.6 is 0 Å². The number of hydrogen-bond acceptors (Lipinski definition) is 4. The van der Waals surface area contributed by atoms with E-state index in [0.717, 1.165) is 31.2 Å². The number of anilines is 2. The summed E-state index contributed by atoms with van der Waals surface area (Å²) in [6, 6.07) is 7.55. The monoisotopic (exact) mass is 453 g/mol. The lowest BCUT2D eigenvalue weighted by Crippen LogP contribution is -2.45. The molecule has 31 heavy (non-hydrogen) atoms. The summed E-state index contributed by atoms with van der Waals surface area (Å²) in [5.41, 5.74) is 0.222.